The number of hydrogen-bond donors (Lipinski definition) is 1. The summed E-state index contributed by atoms with van der Waals surface area (Å²) in [7, 11) is 3.24. The van der Waals surface area contributed by atoms with Crippen molar-refractivity contribution in [3.63, 3.8) is 0 Å². The summed E-state index contributed by atoms with van der Waals surface area (Å²) in [5, 5.41) is 3.05. The van der Waals surface area contributed by atoms with E-state index in [9.17, 15) is 4.79 Å². The average Bonchev–Trinajstić information content (AvgIpc) is 2.83. The summed E-state index contributed by atoms with van der Waals surface area (Å²) in [6.07, 6.45) is 0. The van der Waals surface area contributed by atoms with E-state index in [-0.39, 0.29) is 24.0 Å². The Hall–Kier alpha value is -2.77. The Morgan fingerprint density at radius 3 is 2.39 bits per heavy atom. The molecule has 3 rings (SSSR count). The van der Waals surface area contributed by atoms with Gasteiger partial charge in [-0.25, -0.2) is 0 Å². The topological polar surface area (TPSA) is 69.3 Å². The summed E-state index contributed by atoms with van der Waals surface area (Å²) in [5.74, 6) is 1.93. The Bertz CT molecular complexity index is 919. The molecule has 0 bridgehead atoms. The molecule has 2 aromatic rings. The zero-order valence-electron chi connectivity index (χ0n) is 20.3. The second kappa shape index (κ2) is 11.4. The Balaban J connectivity index is 1.68. The van der Waals surface area contributed by atoms with Gasteiger partial charge in [0.15, 0.2) is 18.1 Å². The fourth-order valence-corrected chi connectivity index (χ4v) is 4.02. The second-order valence-electron chi connectivity index (χ2n) is 9.12. The fourth-order valence-electron chi connectivity index (χ4n) is 4.02. The quantitative estimate of drug-likeness (QED) is 0.622. The molecule has 1 heterocycles. The van der Waals surface area contributed by atoms with Crippen molar-refractivity contribution in [2.75, 3.05) is 53.7 Å². The minimum atomic E-state index is -0.155. The van der Waals surface area contributed by atoms with Gasteiger partial charge in [-0.15, -0.1) is 0 Å². The summed E-state index contributed by atoms with van der Waals surface area (Å²) < 4.78 is 22.3. The van der Waals surface area contributed by atoms with Crippen molar-refractivity contribution in [2.45, 2.75) is 32.2 Å². The van der Waals surface area contributed by atoms with E-state index in [1.54, 1.807) is 14.2 Å². The van der Waals surface area contributed by atoms with Gasteiger partial charge < -0.3 is 24.3 Å². The van der Waals surface area contributed by atoms with Crippen LogP contribution in [0, 0.1) is 0 Å². The van der Waals surface area contributed by atoms with E-state index >= 15 is 0 Å². The van der Waals surface area contributed by atoms with Crippen molar-refractivity contribution in [2.24, 2.45) is 0 Å². The molecule has 0 aromatic heterocycles. The van der Waals surface area contributed by atoms with Crippen molar-refractivity contribution in [3.8, 4) is 17.2 Å². The van der Waals surface area contributed by atoms with Crippen LogP contribution in [0.5, 0.6) is 17.2 Å². The molecular formula is C26H36N2O5. The predicted molar refractivity (Wildman–Crippen MR) is 128 cm³/mol. The first-order valence-corrected chi connectivity index (χ1v) is 11.4. The van der Waals surface area contributed by atoms with E-state index in [0.717, 1.165) is 30.0 Å². The molecule has 1 aliphatic heterocycles. The van der Waals surface area contributed by atoms with Crippen LogP contribution >= 0.6 is 0 Å². The Morgan fingerprint density at radius 2 is 1.73 bits per heavy atom. The van der Waals surface area contributed by atoms with Gasteiger partial charge in [-0.3, -0.25) is 9.69 Å². The first-order chi connectivity index (χ1) is 15.8. The van der Waals surface area contributed by atoms with Crippen molar-refractivity contribution in [1.82, 2.24) is 10.2 Å². The summed E-state index contributed by atoms with van der Waals surface area (Å²) >= 11 is 0. The summed E-state index contributed by atoms with van der Waals surface area (Å²) in [4.78, 5) is 15.0. The molecule has 0 saturated carbocycles. The van der Waals surface area contributed by atoms with E-state index in [1.807, 2.05) is 42.5 Å². The lowest BCUT2D eigenvalue weighted by Crippen LogP contribution is -2.44. The van der Waals surface area contributed by atoms with Crippen LogP contribution in [-0.4, -0.2) is 64.5 Å². The maximum Gasteiger partial charge on any atom is 0.258 e. The van der Waals surface area contributed by atoms with Crippen molar-refractivity contribution < 1.29 is 23.7 Å². The van der Waals surface area contributed by atoms with Crippen LogP contribution in [0.25, 0.3) is 0 Å². The lowest BCUT2D eigenvalue weighted by Gasteiger charge is -2.35. The van der Waals surface area contributed by atoms with Crippen molar-refractivity contribution >= 4 is 5.91 Å². The normalized spacial score (nSPS) is 15.5. The van der Waals surface area contributed by atoms with Gasteiger partial charge in [-0.1, -0.05) is 45.0 Å². The van der Waals surface area contributed by atoms with Gasteiger partial charge in [0.05, 0.1) is 33.5 Å². The number of rotatable bonds is 9. The molecule has 0 aliphatic carbocycles. The third kappa shape index (κ3) is 6.62. The molecule has 0 spiro atoms. The van der Waals surface area contributed by atoms with E-state index in [2.05, 4.69) is 31.0 Å². The molecule has 0 radical (unpaired) electrons. The zero-order valence-corrected chi connectivity index (χ0v) is 20.3. The Kier molecular flexibility index (Phi) is 8.58. The van der Waals surface area contributed by atoms with Crippen LogP contribution in [0.3, 0.4) is 0 Å². The number of ether oxygens (including phenoxy) is 4. The number of carbonyl (C=O) groups is 1. The number of benzene rings is 2. The number of amides is 1. The number of hydrogen-bond acceptors (Lipinski definition) is 6. The predicted octanol–water partition coefficient (Wildman–Crippen LogP) is 3.57. The summed E-state index contributed by atoms with van der Waals surface area (Å²) in [5.41, 5.74) is 2.06. The fraction of sp³-hybridized carbons (Fsp3) is 0.500. The van der Waals surface area contributed by atoms with E-state index < -0.39 is 0 Å². The number of methoxy groups -OCH3 is 2. The summed E-state index contributed by atoms with van der Waals surface area (Å²) in [6.45, 7) is 9.75. The van der Waals surface area contributed by atoms with Crippen molar-refractivity contribution in [1.29, 1.82) is 0 Å². The molecule has 1 unspecified atom stereocenters. The van der Waals surface area contributed by atoms with Gasteiger partial charge in [0.25, 0.3) is 5.91 Å². The van der Waals surface area contributed by atoms with Crippen LogP contribution in [0.4, 0.5) is 0 Å². The maximum absolute atomic E-state index is 12.7. The SMILES string of the molecule is COc1ccc(C(CNC(=O)COc2ccccc2C(C)(C)C)N2CCOCC2)cc1OC. The number of carbonyl (C=O) groups excluding carboxylic acids is 1. The first-order valence-electron chi connectivity index (χ1n) is 11.4. The molecule has 2 aromatic carbocycles. The summed E-state index contributed by atoms with van der Waals surface area (Å²) in [6, 6.07) is 13.7. The highest BCUT2D eigenvalue weighted by molar-refractivity contribution is 5.77. The van der Waals surface area contributed by atoms with Gasteiger partial charge in [0.2, 0.25) is 0 Å². The molecule has 1 amide bonds. The van der Waals surface area contributed by atoms with Crippen molar-refractivity contribution in [3.05, 3.63) is 53.6 Å². The highest BCUT2D eigenvalue weighted by Crippen LogP contribution is 2.33. The molecule has 1 N–H and O–H groups in total. The monoisotopic (exact) mass is 456 g/mol. The van der Waals surface area contributed by atoms with E-state index in [0.29, 0.717) is 31.3 Å². The van der Waals surface area contributed by atoms with Gasteiger partial charge >= 0.3 is 0 Å². The standard InChI is InChI=1S/C26H36N2O5/c1-26(2,3)20-8-6-7-9-22(20)33-18-25(29)27-17-21(28-12-14-32-15-13-28)19-10-11-23(30-4)24(16-19)31-5/h6-11,16,21H,12-15,17-18H2,1-5H3,(H,27,29). The minimum Gasteiger partial charge on any atom is -0.493 e. The number of nitrogens with zero attached hydrogens (tertiary/aromatic N) is 1. The maximum atomic E-state index is 12.7. The molecular weight excluding hydrogens is 420 g/mol. The highest BCUT2D eigenvalue weighted by Gasteiger charge is 2.25. The number of para-hydroxylation sites is 1. The zero-order chi connectivity index (χ0) is 23.8. The van der Waals surface area contributed by atoms with Crippen LogP contribution in [0.2, 0.25) is 0 Å². The first kappa shape index (κ1) is 24.9. The Labute approximate surface area is 197 Å². The molecule has 1 aliphatic rings. The smallest absolute Gasteiger partial charge is 0.258 e. The van der Waals surface area contributed by atoms with Crippen LogP contribution in [0.1, 0.15) is 37.9 Å². The molecule has 1 fully saturated rings. The average molecular weight is 457 g/mol. The van der Waals surface area contributed by atoms with Crippen LogP contribution in [-0.2, 0) is 14.9 Å². The van der Waals surface area contributed by atoms with Gasteiger partial charge in [-0.05, 0) is 34.7 Å². The number of nitrogens with one attached hydrogen (secondary N) is 1. The van der Waals surface area contributed by atoms with E-state index in [1.165, 1.54) is 0 Å². The third-order valence-electron chi connectivity index (χ3n) is 5.83. The molecule has 180 valence electrons. The van der Waals surface area contributed by atoms with Crippen LogP contribution in [0.15, 0.2) is 42.5 Å². The minimum absolute atomic E-state index is 0.0143. The largest absolute Gasteiger partial charge is 0.493 e. The Morgan fingerprint density at radius 1 is 1.03 bits per heavy atom. The number of morpholine rings is 1. The van der Waals surface area contributed by atoms with Crippen LogP contribution < -0.4 is 19.5 Å². The molecule has 1 saturated heterocycles. The third-order valence-corrected chi connectivity index (χ3v) is 5.83. The molecule has 33 heavy (non-hydrogen) atoms. The second-order valence-corrected chi connectivity index (χ2v) is 9.12. The van der Waals surface area contributed by atoms with Gasteiger partial charge in [0, 0.05) is 19.6 Å². The highest BCUT2D eigenvalue weighted by atomic mass is 16.5. The lowest BCUT2D eigenvalue weighted by molar-refractivity contribution is -0.123. The van der Waals surface area contributed by atoms with Gasteiger partial charge in [0.1, 0.15) is 5.75 Å². The molecule has 1 atom stereocenters. The molecule has 7 nitrogen and oxygen atoms in total. The lowest BCUT2D eigenvalue weighted by atomic mass is 9.86. The van der Waals surface area contributed by atoms with E-state index in [4.69, 9.17) is 18.9 Å². The van der Waals surface area contributed by atoms with Gasteiger partial charge in [-0.2, -0.15) is 0 Å². The molecule has 7 heteroatoms.